The summed E-state index contributed by atoms with van der Waals surface area (Å²) in [5.41, 5.74) is -0.885. The van der Waals surface area contributed by atoms with E-state index in [9.17, 15) is 14.7 Å². The van der Waals surface area contributed by atoms with E-state index in [0.29, 0.717) is 6.42 Å². The maximum atomic E-state index is 11.9. The van der Waals surface area contributed by atoms with Gasteiger partial charge in [-0.05, 0) is 52.4 Å². The third-order valence-electron chi connectivity index (χ3n) is 3.19. The van der Waals surface area contributed by atoms with Crippen LogP contribution < -0.4 is 5.32 Å². The fraction of sp³-hybridized carbons (Fsp3) is 0.857. The van der Waals surface area contributed by atoms with Gasteiger partial charge in [0.25, 0.3) is 0 Å². The third-order valence-corrected chi connectivity index (χ3v) is 3.19. The highest BCUT2D eigenvalue weighted by atomic mass is 16.6. The summed E-state index contributed by atoms with van der Waals surface area (Å²) in [6.45, 7) is 7.23. The average Bonchev–Trinajstić information content (AvgIpc) is 3.06. The summed E-state index contributed by atoms with van der Waals surface area (Å²) in [7, 11) is 0. The molecule has 0 aliphatic heterocycles. The van der Waals surface area contributed by atoms with Crippen LogP contribution in [0.3, 0.4) is 0 Å². The van der Waals surface area contributed by atoms with Crippen LogP contribution in [0.25, 0.3) is 0 Å². The van der Waals surface area contributed by atoms with Crippen molar-refractivity contribution in [3.05, 3.63) is 0 Å². The van der Waals surface area contributed by atoms with Crippen molar-refractivity contribution in [1.82, 2.24) is 5.32 Å². The molecule has 0 aromatic heterocycles. The van der Waals surface area contributed by atoms with E-state index in [4.69, 9.17) is 9.47 Å². The molecular weight excluding hydrogens is 262 g/mol. The molecular formula is C14H25NO5. The Morgan fingerprint density at radius 1 is 1.35 bits per heavy atom. The van der Waals surface area contributed by atoms with Crippen molar-refractivity contribution < 1.29 is 24.2 Å². The molecule has 0 spiro atoms. The van der Waals surface area contributed by atoms with E-state index in [2.05, 4.69) is 5.32 Å². The van der Waals surface area contributed by atoms with Crippen molar-refractivity contribution in [2.24, 2.45) is 5.41 Å². The van der Waals surface area contributed by atoms with E-state index in [1.807, 2.05) is 0 Å². The average molecular weight is 287 g/mol. The molecule has 0 heterocycles. The minimum atomic E-state index is -0.778. The normalized spacial score (nSPS) is 18.1. The van der Waals surface area contributed by atoms with Crippen molar-refractivity contribution in [3.8, 4) is 0 Å². The summed E-state index contributed by atoms with van der Waals surface area (Å²) in [5.74, 6) is -0.488. The van der Waals surface area contributed by atoms with E-state index in [1.54, 1.807) is 27.7 Å². The Balaban J connectivity index is 2.63. The molecule has 0 unspecified atom stereocenters. The van der Waals surface area contributed by atoms with Gasteiger partial charge in [0, 0.05) is 6.61 Å². The fourth-order valence-electron chi connectivity index (χ4n) is 1.92. The van der Waals surface area contributed by atoms with Crippen LogP contribution in [-0.4, -0.2) is 42.0 Å². The highest BCUT2D eigenvalue weighted by molar-refractivity contribution is 5.81. The predicted molar refractivity (Wildman–Crippen MR) is 73.2 cm³/mol. The summed E-state index contributed by atoms with van der Waals surface area (Å²) >= 11 is 0. The van der Waals surface area contributed by atoms with Crippen molar-refractivity contribution in [3.63, 3.8) is 0 Å². The number of amides is 1. The molecule has 1 fully saturated rings. The van der Waals surface area contributed by atoms with Gasteiger partial charge in [0.1, 0.15) is 11.6 Å². The molecule has 0 aromatic rings. The number of aliphatic hydroxyl groups excluding tert-OH is 1. The topological polar surface area (TPSA) is 84.9 Å². The van der Waals surface area contributed by atoms with E-state index >= 15 is 0 Å². The molecule has 0 saturated heterocycles. The Morgan fingerprint density at radius 2 is 1.95 bits per heavy atom. The second-order valence-electron chi connectivity index (χ2n) is 6.31. The standard InChI is InChI=1S/C14H25NO5/c1-5-19-11(17)10(8-14(9-16)6-7-14)15-12(18)20-13(2,3)4/h10,16H,5-9H2,1-4H3,(H,15,18)/t10-/m0/s1. The predicted octanol–water partition coefficient (Wildman–Crippen LogP) is 1.61. The smallest absolute Gasteiger partial charge is 0.408 e. The Labute approximate surface area is 119 Å². The van der Waals surface area contributed by atoms with Gasteiger partial charge in [-0.2, -0.15) is 0 Å². The number of carbonyl (C=O) groups is 2. The first-order valence-electron chi connectivity index (χ1n) is 6.98. The van der Waals surface area contributed by atoms with E-state index < -0.39 is 23.7 Å². The Kier molecular flexibility index (Phi) is 5.39. The lowest BCUT2D eigenvalue weighted by atomic mass is 9.98. The Hall–Kier alpha value is -1.30. The van der Waals surface area contributed by atoms with Crippen LogP contribution in [0, 0.1) is 5.41 Å². The molecule has 1 rings (SSSR count). The molecule has 6 heteroatoms. The van der Waals surface area contributed by atoms with Crippen molar-refractivity contribution >= 4 is 12.1 Å². The van der Waals surface area contributed by atoms with Crippen LogP contribution in [0.5, 0.6) is 0 Å². The van der Waals surface area contributed by atoms with E-state index in [1.165, 1.54) is 0 Å². The van der Waals surface area contributed by atoms with Crippen molar-refractivity contribution in [2.45, 2.75) is 58.6 Å². The van der Waals surface area contributed by atoms with E-state index in [-0.39, 0.29) is 18.6 Å². The molecule has 0 radical (unpaired) electrons. The minimum absolute atomic E-state index is 0.0128. The highest BCUT2D eigenvalue weighted by Gasteiger charge is 2.46. The number of rotatable bonds is 6. The van der Waals surface area contributed by atoms with Gasteiger partial charge < -0.3 is 19.9 Å². The number of esters is 1. The van der Waals surface area contributed by atoms with Gasteiger partial charge in [-0.25, -0.2) is 9.59 Å². The van der Waals surface area contributed by atoms with Gasteiger partial charge in [-0.3, -0.25) is 0 Å². The molecule has 0 aromatic carbocycles. The number of ether oxygens (including phenoxy) is 2. The zero-order chi connectivity index (χ0) is 15.4. The van der Waals surface area contributed by atoms with Gasteiger partial charge in [0.05, 0.1) is 6.61 Å². The maximum Gasteiger partial charge on any atom is 0.408 e. The lowest BCUT2D eigenvalue weighted by molar-refractivity contribution is -0.146. The quantitative estimate of drug-likeness (QED) is 0.725. The Bertz CT molecular complexity index is 357. The second-order valence-corrected chi connectivity index (χ2v) is 6.31. The second kappa shape index (κ2) is 6.43. The number of aliphatic hydroxyl groups is 1. The first kappa shape index (κ1) is 16.8. The van der Waals surface area contributed by atoms with Gasteiger partial charge in [-0.1, -0.05) is 0 Å². The summed E-state index contributed by atoms with van der Waals surface area (Å²) in [4.78, 5) is 23.7. The summed E-state index contributed by atoms with van der Waals surface area (Å²) in [6, 6.07) is -0.778. The lowest BCUT2D eigenvalue weighted by Crippen LogP contribution is -2.45. The molecule has 2 N–H and O–H groups in total. The molecule has 6 nitrogen and oxygen atoms in total. The first-order valence-corrected chi connectivity index (χ1v) is 6.98. The highest BCUT2D eigenvalue weighted by Crippen LogP contribution is 2.49. The van der Waals surface area contributed by atoms with Crippen LogP contribution in [0.4, 0.5) is 4.79 Å². The summed E-state index contributed by atoms with van der Waals surface area (Å²) < 4.78 is 10.1. The fourth-order valence-corrected chi connectivity index (χ4v) is 1.92. The maximum absolute atomic E-state index is 11.9. The molecule has 0 bridgehead atoms. The van der Waals surface area contributed by atoms with Crippen LogP contribution in [0.1, 0.15) is 47.0 Å². The molecule has 1 atom stereocenters. The largest absolute Gasteiger partial charge is 0.464 e. The molecule has 20 heavy (non-hydrogen) atoms. The third kappa shape index (κ3) is 5.36. The Morgan fingerprint density at radius 3 is 2.35 bits per heavy atom. The van der Waals surface area contributed by atoms with Gasteiger partial charge in [-0.15, -0.1) is 0 Å². The zero-order valence-electron chi connectivity index (χ0n) is 12.7. The molecule has 116 valence electrons. The number of carbonyl (C=O) groups excluding carboxylic acids is 2. The zero-order valence-corrected chi connectivity index (χ0v) is 12.7. The van der Waals surface area contributed by atoms with Gasteiger partial charge in [0.2, 0.25) is 0 Å². The molecule has 1 amide bonds. The van der Waals surface area contributed by atoms with Crippen LogP contribution in [-0.2, 0) is 14.3 Å². The summed E-state index contributed by atoms with van der Waals surface area (Å²) in [5, 5.41) is 11.9. The van der Waals surface area contributed by atoms with Crippen LogP contribution >= 0.6 is 0 Å². The number of hydrogen-bond acceptors (Lipinski definition) is 5. The number of hydrogen-bond donors (Lipinski definition) is 2. The monoisotopic (exact) mass is 287 g/mol. The first-order chi connectivity index (χ1) is 9.21. The number of nitrogens with one attached hydrogen (secondary N) is 1. The lowest BCUT2D eigenvalue weighted by Gasteiger charge is -2.24. The molecule has 1 aliphatic rings. The van der Waals surface area contributed by atoms with Gasteiger partial charge in [0.15, 0.2) is 0 Å². The van der Waals surface area contributed by atoms with Gasteiger partial charge >= 0.3 is 12.1 Å². The van der Waals surface area contributed by atoms with Crippen molar-refractivity contribution in [2.75, 3.05) is 13.2 Å². The summed E-state index contributed by atoms with van der Waals surface area (Å²) in [6.07, 6.45) is 1.44. The van der Waals surface area contributed by atoms with E-state index in [0.717, 1.165) is 12.8 Å². The molecule has 1 aliphatic carbocycles. The van der Waals surface area contributed by atoms with Crippen molar-refractivity contribution in [1.29, 1.82) is 0 Å². The number of alkyl carbamates (subject to hydrolysis) is 1. The minimum Gasteiger partial charge on any atom is -0.464 e. The molecule has 1 saturated carbocycles. The van der Waals surface area contributed by atoms with Crippen LogP contribution in [0.15, 0.2) is 0 Å². The van der Waals surface area contributed by atoms with Crippen LogP contribution in [0.2, 0.25) is 0 Å². The SMILES string of the molecule is CCOC(=O)[C@H](CC1(CO)CC1)NC(=O)OC(C)(C)C.